The minimum absolute atomic E-state index is 0.397. The molecule has 0 aliphatic rings. The van der Waals surface area contributed by atoms with Crippen LogP contribution in [-0.4, -0.2) is 12.1 Å². The molecule has 1 heterocycles. The van der Waals surface area contributed by atoms with Crippen LogP contribution in [0.25, 0.3) is 10.9 Å². The van der Waals surface area contributed by atoms with Crippen molar-refractivity contribution in [2.24, 2.45) is 0 Å². The first-order valence-electron chi connectivity index (χ1n) is 4.11. The molecule has 1 aromatic heterocycles. The van der Waals surface area contributed by atoms with Crippen LogP contribution >= 0.6 is 0 Å². The van der Waals surface area contributed by atoms with E-state index >= 15 is 0 Å². The van der Waals surface area contributed by atoms with Gasteiger partial charge in [0.2, 0.25) is 0 Å². The van der Waals surface area contributed by atoms with Crippen LogP contribution in [0.4, 0.5) is 5.69 Å². The highest BCUT2D eigenvalue weighted by Crippen LogP contribution is 2.27. The second-order valence-corrected chi connectivity index (χ2v) is 2.94. The maximum absolute atomic E-state index is 8.75. The van der Waals surface area contributed by atoms with Gasteiger partial charge in [-0.1, -0.05) is 0 Å². The summed E-state index contributed by atoms with van der Waals surface area (Å²) in [5.41, 5.74) is 7.48. The minimum atomic E-state index is 0.397. The van der Waals surface area contributed by atoms with Crippen molar-refractivity contribution in [3.8, 4) is 11.8 Å². The number of H-pyrrole nitrogens is 1. The van der Waals surface area contributed by atoms with E-state index in [4.69, 9.17) is 15.7 Å². The number of aromatic nitrogens is 1. The second-order valence-electron chi connectivity index (χ2n) is 2.94. The third-order valence-electron chi connectivity index (χ3n) is 2.16. The van der Waals surface area contributed by atoms with Crippen molar-refractivity contribution in [3.05, 3.63) is 23.9 Å². The van der Waals surface area contributed by atoms with Crippen LogP contribution in [0.1, 0.15) is 5.69 Å². The number of anilines is 1. The summed E-state index contributed by atoms with van der Waals surface area (Å²) in [7, 11) is 1.59. The van der Waals surface area contributed by atoms with E-state index in [1.54, 1.807) is 7.11 Å². The maximum Gasteiger partial charge on any atom is 0.141 e. The van der Waals surface area contributed by atoms with Gasteiger partial charge in [0.25, 0.3) is 0 Å². The predicted molar refractivity (Wildman–Crippen MR) is 54.0 cm³/mol. The monoisotopic (exact) mass is 187 g/mol. The highest BCUT2D eigenvalue weighted by molar-refractivity contribution is 5.95. The summed E-state index contributed by atoms with van der Waals surface area (Å²) in [6.07, 6.45) is 0. The van der Waals surface area contributed by atoms with Crippen LogP contribution in [0.2, 0.25) is 0 Å². The summed E-state index contributed by atoms with van der Waals surface area (Å²) in [4.78, 5) is 2.92. The van der Waals surface area contributed by atoms with Crippen LogP contribution in [0.15, 0.2) is 18.2 Å². The van der Waals surface area contributed by atoms with Gasteiger partial charge < -0.3 is 15.5 Å². The number of nitrogens with two attached hydrogens (primary N) is 1. The van der Waals surface area contributed by atoms with E-state index in [2.05, 4.69) is 4.98 Å². The first-order chi connectivity index (χ1) is 6.76. The Morgan fingerprint density at radius 3 is 2.93 bits per heavy atom. The Morgan fingerprint density at radius 2 is 2.29 bits per heavy atom. The number of ether oxygens (including phenoxy) is 1. The Morgan fingerprint density at radius 1 is 1.50 bits per heavy atom. The zero-order chi connectivity index (χ0) is 10.1. The molecule has 2 rings (SSSR count). The van der Waals surface area contributed by atoms with Crippen LogP contribution < -0.4 is 10.5 Å². The van der Waals surface area contributed by atoms with Crippen LogP contribution in [0.5, 0.6) is 5.75 Å². The molecular formula is C10H9N3O. The number of methoxy groups -OCH3 is 1. The molecule has 0 bridgehead atoms. The van der Waals surface area contributed by atoms with Gasteiger partial charge in [0, 0.05) is 10.9 Å². The van der Waals surface area contributed by atoms with E-state index in [0.29, 0.717) is 11.4 Å². The van der Waals surface area contributed by atoms with E-state index in [0.717, 1.165) is 16.7 Å². The lowest BCUT2D eigenvalue weighted by molar-refractivity contribution is 0.415. The number of hydrogen-bond acceptors (Lipinski definition) is 3. The molecule has 0 amide bonds. The number of nitriles is 1. The molecule has 70 valence electrons. The van der Waals surface area contributed by atoms with Gasteiger partial charge in [-0.2, -0.15) is 5.26 Å². The lowest BCUT2D eigenvalue weighted by Gasteiger charge is -1.98. The second kappa shape index (κ2) is 2.96. The van der Waals surface area contributed by atoms with Crippen LogP contribution in [-0.2, 0) is 0 Å². The smallest absolute Gasteiger partial charge is 0.141 e. The lowest BCUT2D eigenvalue weighted by Crippen LogP contribution is -1.86. The normalized spacial score (nSPS) is 10.0. The first kappa shape index (κ1) is 8.45. The number of fused-ring (bicyclic) bond motifs is 1. The molecule has 0 aliphatic carbocycles. The number of nitrogens with one attached hydrogen (secondary N) is 1. The highest BCUT2D eigenvalue weighted by atomic mass is 16.5. The molecule has 4 nitrogen and oxygen atoms in total. The summed E-state index contributed by atoms with van der Waals surface area (Å²) in [6, 6.07) is 7.47. The largest absolute Gasteiger partial charge is 0.497 e. The van der Waals surface area contributed by atoms with Crippen molar-refractivity contribution in [1.82, 2.24) is 4.98 Å². The Kier molecular flexibility index (Phi) is 1.79. The topological polar surface area (TPSA) is 74.8 Å². The van der Waals surface area contributed by atoms with Crippen molar-refractivity contribution >= 4 is 16.6 Å². The standard InChI is InChI=1S/C10H9N3O/c1-14-6-2-3-8-7(4-6)10(12)9(5-11)13-8/h2-4,13H,12H2,1H3. The van der Waals surface area contributed by atoms with Gasteiger partial charge in [-0.15, -0.1) is 0 Å². The molecule has 0 unspecified atom stereocenters. The van der Waals surface area contributed by atoms with Gasteiger partial charge in [-0.25, -0.2) is 0 Å². The quantitative estimate of drug-likeness (QED) is 0.712. The molecule has 0 spiro atoms. The molecule has 0 radical (unpaired) electrons. The Balaban J connectivity index is 2.76. The number of nitrogen functional groups attached to an aromatic ring is 1. The lowest BCUT2D eigenvalue weighted by atomic mass is 10.2. The molecule has 4 heteroatoms. The molecule has 1 aromatic carbocycles. The van der Waals surface area contributed by atoms with Gasteiger partial charge >= 0.3 is 0 Å². The highest BCUT2D eigenvalue weighted by Gasteiger charge is 2.08. The fraction of sp³-hybridized carbons (Fsp3) is 0.100. The van der Waals surface area contributed by atoms with Gasteiger partial charge in [0.15, 0.2) is 0 Å². The fourth-order valence-electron chi connectivity index (χ4n) is 1.41. The predicted octanol–water partition coefficient (Wildman–Crippen LogP) is 1.63. The fourth-order valence-corrected chi connectivity index (χ4v) is 1.41. The van der Waals surface area contributed by atoms with E-state index < -0.39 is 0 Å². The van der Waals surface area contributed by atoms with Crippen molar-refractivity contribution in [2.75, 3.05) is 12.8 Å². The Labute approximate surface area is 80.9 Å². The van der Waals surface area contributed by atoms with Crippen molar-refractivity contribution in [3.63, 3.8) is 0 Å². The molecule has 14 heavy (non-hydrogen) atoms. The molecule has 0 atom stereocenters. The number of hydrogen-bond donors (Lipinski definition) is 2. The molecule has 0 fully saturated rings. The third kappa shape index (κ3) is 1.07. The molecular weight excluding hydrogens is 178 g/mol. The van der Waals surface area contributed by atoms with Gasteiger partial charge in [0.1, 0.15) is 17.5 Å². The number of nitrogens with zero attached hydrogens (tertiary/aromatic N) is 1. The first-order valence-corrected chi connectivity index (χ1v) is 4.11. The summed E-state index contributed by atoms with van der Waals surface area (Å²) in [5, 5.41) is 9.57. The summed E-state index contributed by atoms with van der Waals surface area (Å²) >= 11 is 0. The average molecular weight is 187 g/mol. The molecule has 0 saturated carbocycles. The minimum Gasteiger partial charge on any atom is -0.497 e. The molecule has 0 saturated heterocycles. The summed E-state index contributed by atoms with van der Waals surface area (Å²) in [5.74, 6) is 0.729. The molecule has 3 N–H and O–H groups in total. The number of benzene rings is 1. The van der Waals surface area contributed by atoms with Crippen molar-refractivity contribution < 1.29 is 4.74 Å². The van der Waals surface area contributed by atoms with E-state index in [9.17, 15) is 0 Å². The van der Waals surface area contributed by atoms with E-state index in [1.165, 1.54) is 0 Å². The van der Waals surface area contributed by atoms with Gasteiger partial charge in [0.05, 0.1) is 12.8 Å². The van der Waals surface area contributed by atoms with Gasteiger partial charge in [-0.3, -0.25) is 0 Å². The summed E-state index contributed by atoms with van der Waals surface area (Å²) < 4.78 is 5.07. The van der Waals surface area contributed by atoms with Crippen molar-refractivity contribution in [1.29, 1.82) is 5.26 Å². The summed E-state index contributed by atoms with van der Waals surface area (Å²) in [6.45, 7) is 0. The maximum atomic E-state index is 8.75. The number of aromatic amines is 1. The SMILES string of the molecule is COc1ccc2[nH]c(C#N)c(N)c2c1. The van der Waals surface area contributed by atoms with Crippen LogP contribution in [0, 0.1) is 11.3 Å². The van der Waals surface area contributed by atoms with E-state index in [1.807, 2.05) is 24.3 Å². The Hall–Kier alpha value is -2.15. The zero-order valence-corrected chi connectivity index (χ0v) is 7.66. The third-order valence-corrected chi connectivity index (χ3v) is 2.16. The average Bonchev–Trinajstić information content (AvgIpc) is 2.55. The van der Waals surface area contributed by atoms with Crippen molar-refractivity contribution in [2.45, 2.75) is 0 Å². The number of rotatable bonds is 1. The molecule has 0 aliphatic heterocycles. The van der Waals surface area contributed by atoms with Gasteiger partial charge in [-0.05, 0) is 18.2 Å². The zero-order valence-electron chi connectivity index (χ0n) is 7.66. The molecule has 2 aromatic rings. The van der Waals surface area contributed by atoms with E-state index in [-0.39, 0.29) is 0 Å². The Bertz CT molecular complexity index is 522. The van der Waals surface area contributed by atoms with Crippen LogP contribution in [0.3, 0.4) is 0 Å².